The fraction of sp³-hybridized carbons (Fsp3) is 0.0870. The van der Waals surface area contributed by atoms with Crippen molar-refractivity contribution < 1.29 is 9.90 Å². The van der Waals surface area contributed by atoms with E-state index >= 15 is 0 Å². The highest BCUT2D eigenvalue weighted by molar-refractivity contribution is 5.96. The number of rotatable bonds is 3. The van der Waals surface area contributed by atoms with Gasteiger partial charge in [0, 0.05) is 16.8 Å². The molecule has 1 aromatic heterocycles. The molecule has 0 amide bonds. The van der Waals surface area contributed by atoms with Crippen LogP contribution in [0.5, 0.6) is 0 Å². The second-order valence-electron chi connectivity index (χ2n) is 6.46. The van der Waals surface area contributed by atoms with Gasteiger partial charge < -0.3 is 9.67 Å². The summed E-state index contributed by atoms with van der Waals surface area (Å²) >= 11 is 0. The van der Waals surface area contributed by atoms with Crippen molar-refractivity contribution >= 4 is 16.9 Å². The lowest BCUT2D eigenvalue weighted by molar-refractivity contribution is 0.0697. The highest BCUT2D eigenvalue weighted by Crippen LogP contribution is 2.30. The van der Waals surface area contributed by atoms with E-state index in [1.807, 2.05) is 36.4 Å². The number of aryl methyl sites for hydroxylation is 1. The first-order chi connectivity index (χ1) is 12.6. The number of carboxylic acid groups (broad SMARTS) is 1. The summed E-state index contributed by atoms with van der Waals surface area (Å²) in [6.45, 7) is 4.27. The molecule has 0 aliphatic rings. The van der Waals surface area contributed by atoms with Gasteiger partial charge in [0.25, 0.3) is 0 Å². The fourth-order valence-corrected chi connectivity index (χ4v) is 3.57. The van der Waals surface area contributed by atoms with E-state index in [4.69, 9.17) is 0 Å². The maximum atomic E-state index is 11.5. The minimum Gasteiger partial charge on any atom is -0.478 e. The molecule has 0 unspecified atom stereocenters. The summed E-state index contributed by atoms with van der Waals surface area (Å²) < 4.78 is 2.25. The monoisotopic (exact) mass is 341 g/mol. The highest BCUT2D eigenvalue weighted by atomic mass is 16.4. The van der Waals surface area contributed by atoms with Crippen molar-refractivity contribution in [2.24, 2.45) is 0 Å². The van der Waals surface area contributed by atoms with Gasteiger partial charge in [-0.2, -0.15) is 0 Å². The number of para-hydroxylation sites is 1. The van der Waals surface area contributed by atoms with E-state index in [1.54, 1.807) is 12.1 Å². The smallest absolute Gasteiger partial charge is 0.336 e. The number of aromatic nitrogens is 1. The molecule has 0 aliphatic heterocycles. The van der Waals surface area contributed by atoms with E-state index in [9.17, 15) is 9.90 Å². The Morgan fingerprint density at radius 1 is 0.846 bits per heavy atom. The van der Waals surface area contributed by atoms with E-state index in [-0.39, 0.29) is 0 Å². The van der Waals surface area contributed by atoms with Gasteiger partial charge in [-0.15, -0.1) is 0 Å². The number of fused-ring (bicyclic) bond motifs is 1. The third-order valence-electron chi connectivity index (χ3n) is 5.02. The van der Waals surface area contributed by atoms with Crippen molar-refractivity contribution in [2.75, 3.05) is 0 Å². The first kappa shape index (κ1) is 16.2. The summed E-state index contributed by atoms with van der Waals surface area (Å²) in [5.41, 5.74) is 6.70. The van der Waals surface area contributed by atoms with Crippen molar-refractivity contribution in [3.05, 3.63) is 89.6 Å². The SMILES string of the molecule is Cc1c(C)n(-c2ccc(-c3ccccc3C(=O)O)cc2)c2ccccc12. The van der Waals surface area contributed by atoms with Crippen LogP contribution >= 0.6 is 0 Å². The van der Waals surface area contributed by atoms with Crippen LogP contribution in [0.15, 0.2) is 72.8 Å². The van der Waals surface area contributed by atoms with Crippen LogP contribution in [0.25, 0.3) is 27.7 Å². The summed E-state index contributed by atoms with van der Waals surface area (Å²) in [6, 6.07) is 23.6. The average Bonchev–Trinajstić information content (AvgIpc) is 2.93. The van der Waals surface area contributed by atoms with Gasteiger partial charge >= 0.3 is 5.97 Å². The minimum atomic E-state index is -0.910. The second-order valence-corrected chi connectivity index (χ2v) is 6.46. The lowest BCUT2D eigenvalue weighted by atomic mass is 9.99. The number of carbonyl (C=O) groups is 1. The van der Waals surface area contributed by atoms with Crippen LogP contribution in [0.1, 0.15) is 21.6 Å². The normalized spacial score (nSPS) is 11.0. The molecule has 0 atom stereocenters. The number of carboxylic acids is 1. The number of hydrogen-bond acceptors (Lipinski definition) is 1. The van der Waals surface area contributed by atoms with Crippen LogP contribution in [0.3, 0.4) is 0 Å². The minimum absolute atomic E-state index is 0.318. The third-order valence-corrected chi connectivity index (χ3v) is 5.02. The first-order valence-electron chi connectivity index (χ1n) is 8.57. The van der Waals surface area contributed by atoms with Crippen molar-refractivity contribution in [1.29, 1.82) is 0 Å². The molecule has 1 N–H and O–H groups in total. The van der Waals surface area contributed by atoms with Gasteiger partial charge in [-0.1, -0.05) is 48.5 Å². The van der Waals surface area contributed by atoms with Crippen LogP contribution in [0.2, 0.25) is 0 Å². The topological polar surface area (TPSA) is 42.2 Å². The van der Waals surface area contributed by atoms with Crippen LogP contribution in [0, 0.1) is 13.8 Å². The van der Waals surface area contributed by atoms with Crippen LogP contribution in [-0.4, -0.2) is 15.6 Å². The van der Waals surface area contributed by atoms with Gasteiger partial charge in [-0.05, 0) is 54.8 Å². The zero-order chi connectivity index (χ0) is 18.3. The Bertz CT molecular complexity index is 1120. The molecule has 3 nitrogen and oxygen atoms in total. The standard InChI is InChI=1S/C23H19NO2/c1-15-16(2)24(22-10-6-5-7-19(15)22)18-13-11-17(12-14-18)20-8-3-4-9-21(20)23(25)26/h3-14H,1-2H3,(H,25,26). The second kappa shape index (κ2) is 6.19. The predicted octanol–water partition coefficient (Wildman–Crippen LogP) is 5.61. The Balaban J connectivity index is 1.84. The van der Waals surface area contributed by atoms with Crippen LogP contribution < -0.4 is 0 Å². The van der Waals surface area contributed by atoms with Gasteiger partial charge in [-0.25, -0.2) is 4.79 Å². The number of aromatic carboxylic acids is 1. The molecule has 1 heterocycles. The molecule has 128 valence electrons. The fourth-order valence-electron chi connectivity index (χ4n) is 3.57. The Kier molecular flexibility index (Phi) is 3.85. The lowest BCUT2D eigenvalue weighted by Crippen LogP contribution is -2.00. The molecule has 0 spiro atoms. The average molecular weight is 341 g/mol. The van der Waals surface area contributed by atoms with Crippen molar-refractivity contribution in [3.8, 4) is 16.8 Å². The van der Waals surface area contributed by atoms with E-state index in [1.165, 1.54) is 22.2 Å². The zero-order valence-electron chi connectivity index (χ0n) is 14.7. The molecule has 26 heavy (non-hydrogen) atoms. The Morgan fingerprint density at radius 3 is 2.23 bits per heavy atom. The molecule has 3 heteroatoms. The molecular formula is C23H19NO2. The number of benzene rings is 3. The van der Waals surface area contributed by atoms with Gasteiger partial charge in [0.1, 0.15) is 0 Å². The molecule has 0 aliphatic carbocycles. The van der Waals surface area contributed by atoms with Gasteiger partial charge in [0.15, 0.2) is 0 Å². The molecule has 0 saturated carbocycles. The maximum absolute atomic E-state index is 11.5. The maximum Gasteiger partial charge on any atom is 0.336 e. The summed E-state index contributed by atoms with van der Waals surface area (Å²) in [4.78, 5) is 11.5. The number of nitrogens with zero attached hydrogens (tertiary/aromatic N) is 1. The Morgan fingerprint density at radius 2 is 1.50 bits per heavy atom. The van der Waals surface area contributed by atoms with Crippen molar-refractivity contribution in [3.63, 3.8) is 0 Å². The summed E-state index contributed by atoms with van der Waals surface area (Å²) in [5, 5.41) is 10.7. The largest absolute Gasteiger partial charge is 0.478 e. The Labute approximate surface area is 152 Å². The third kappa shape index (κ3) is 2.49. The molecule has 3 aromatic carbocycles. The van der Waals surface area contributed by atoms with Crippen LogP contribution in [-0.2, 0) is 0 Å². The summed E-state index contributed by atoms with van der Waals surface area (Å²) in [5.74, 6) is -0.910. The molecule has 4 rings (SSSR count). The Hall–Kier alpha value is -3.33. The van der Waals surface area contributed by atoms with E-state index in [2.05, 4.69) is 42.7 Å². The van der Waals surface area contributed by atoms with E-state index in [0.717, 1.165) is 16.8 Å². The number of hydrogen-bond donors (Lipinski definition) is 1. The summed E-state index contributed by atoms with van der Waals surface area (Å²) in [7, 11) is 0. The lowest BCUT2D eigenvalue weighted by Gasteiger charge is -2.11. The molecular weight excluding hydrogens is 322 g/mol. The quantitative estimate of drug-likeness (QED) is 0.526. The van der Waals surface area contributed by atoms with Crippen LogP contribution in [0.4, 0.5) is 0 Å². The van der Waals surface area contributed by atoms with Gasteiger partial charge in [0.05, 0.1) is 11.1 Å². The van der Waals surface area contributed by atoms with Crippen molar-refractivity contribution in [1.82, 2.24) is 4.57 Å². The molecule has 0 fully saturated rings. The molecule has 0 radical (unpaired) electrons. The molecule has 0 saturated heterocycles. The first-order valence-corrected chi connectivity index (χ1v) is 8.57. The van der Waals surface area contributed by atoms with Crippen molar-refractivity contribution in [2.45, 2.75) is 13.8 Å². The van der Waals surface area contributed by atoms with E-state index in [0.29, 0.717) is 5.56 Å². The molecule has 0 bridgehead atoms. The zero-order valence-corrected chi connectivity index (χ0v) is 14.7. The van der Waals surface area contributed by atoms with Gasteiger partial charge in [0.2, 0.25) is 0 Å². The van der Waals surface area contributed by atoms with E-state index < -0.39 is 5.97 Å². The molecule has 4 aromatic rings. The summed E-state index contributed by atoms with van der Waals surface area (Å²) in [6.07, 6.45) is 0. The predicted molar refractivity (Wildman–Crippen MR) is 105 cm³/mol. The highest BCUT2D eigenvalue weighted by Gasteiger charge is 2.13. The van der Waals surface area contributed by atoms with Gasteiger partial charge in [-0.3, -0.25) is 0 Å².